The molecular formula is C15H24N2O. The Morgan fingerprint density at radius 2 is 2.00 bits per heavy atom. The highest BCUT2D eigenvalue weighted by Crippen LogP contribution is 2.54. The molecule has 0 aromatic heterocycles. The van der Waals surface area contributed by atoms with Gasteiger partial charge in [0.2, 0.25) is 0 Å². The molecule has 0 saturated heterocycles. The molecule has 100 valence electrons. The molecule has 18 heavy (non-hydrogen) atoms. The lowest BCUT2D eigenvalue weighted by molar-refractivity contribution is 0.390. The summed E-state index contributed by atoms with van der Waals surface area (Å²) in [6.45, 7) is 4.63. The Balaban J connectivity index is 1.86. The van der Waals surface area contributed by atoms with Gasteiger partial charge >= 0.3 is 0 Å². The maximum atomic E-state index is 5.67. The quantitative estimate of drug-likeness (QED) is 0.600. The Bertz CT molecular complexity index is 386. The Hall–Kier alpha value is -1.06. The van der Waals surface area contributed by atoms with Gasteiger partial charge in [-0.2, -0.15) is 0 Å². The molecule has 1 aromatic rings. The van der Waals surface area contributed by atoms with E-state index in [1.54, 1.807) is 7.11 Å². The molecule has 1 aliphatic rings. The number of hydrogen-bond donors (Lipinski definition) is 2. The summed E-state index contributed by atoms with van der Waals surface area (Å²) in [5.41, 5.74) is 4.80. The lowest BCUT2D eigenvalue weighted by Gasteiger charge is -2.17. The predicted octanol–water partition coefficient (Wildman–Crippen LogP) is 2.51. The van der Waals surface area contributed by atoms with Crippen molar-refractivity contribution in [1.82, 2.24) is 5.43 Å². The fourth-order valence-corrected chi connectivity index (χ4v) is 2.71. The average molecular weight is 248 g/mol. The van der Waals surface area contributed by atoms with Crippen molar-refractivity contribution in [3.63, 3.8) is 0 Å². The van der Waals surface area contributed by atoms with E-state index in [4.69, 9.17) is 10.6 Å². The Kier molecular flexibility index (Phi) is 3.93. The smallest absolute Gasteiger partial charge is 0.118 e. The van der Waals surface area contributed by atoms with Gasteiger partial charge in [0.15, 0.2) is 0 Å². The number of methoxy groups -OCH3 is 1. The topological polar surface area (TPSA) is 47.3 Å². The molecular weight excluding hydrogens is 224 g/mol. The molecule has 1 aromatic carbocycles. The number of nitrogens with two attached hydrogens (primary N) is 1. The maximum absolute atomic E-state index is 5.67. The van der Waals surface area contributed by atoms with Gasteiger partial charge in [0.25, 0.3) is 0 Å². The molecule has 3 heteroatoms. The lowest BCUT2D eigenvalue weighted by Crippen LogP contribution is -2.38. The van der Waals surface area contributed by atoms with E-state index >= 15 is 0 Å². The molecule has 1 fully saturated rings. The van der Waals surface area contributed by atoms with Crippen molar-refractivity contribution < 1.29 is 4.74 Å². The zero-order valence-electron chi connectivity index (χ0n) is 11.6. The SMILES string of the molecule is COc1ccc(CCC(NN)C2CC2(C)C)cc1. The first kappa shape index (κ1) is 13.4. The number of aryl methyl sites for hydroxylation is 1. The van der Waals surface area contributed by atoms with Crippen LogP contribution in [0, 0.1) is 11.3 Å². The number of nitrogens with one attached hydrogen (secondary N) is 1. The molecule has 1 saturated carbocycles. The normalized spacial score (nSPS) is 22.6. The standard InChI is InChI=1S/C15H24N2O/c1-15(2)10-13(15)14(17-16)9-6-11-4-7-12(18-3)8-5-11/h4-5,7-8,13-14,17H,6,9-10,16H2,1-3H3. The minimum Gasteiger partial charge on any atom is -0.497 e. The third-order valence-corrected chi connectivity index (χ3v) is 4.19. The molecule has 0 bridgehead atoms. The summed E-state index contributed by atoms with van der Waals surface area (Å²) in [6, 6.07) is 8.72. The Labute approximate surface area is 110 Å². The fourth-order valence-electron chi connectivity index (χ4n) is 2.71. The first-order chi connectivity index (χ1) is 8.56. The summed E-state index contributed by atoms with van der Waals surface area (Å²) in [5, 5.41) is 0. The first-order valence-electron chi connectivity index (χ1n) is 6.66. The minimum atomic E-state index is 0.433. The third kappa shape index (κ3) is 3.03. The molecule has 0 amide bonds. The number of ether oxygens (including phenoxy) is 1. The van der Waals surface area contributed by atoms with Gasteiger partial charge in [-0.25, -0.2) is 0 Å². The fraction of sp³-hybridized carbons (Fsp3) is 0.600. The highest BCUT2D eigenvalue weighted by atomic mass is 16.5. The number of benzene rings is 1. The number of hydrazine groups is 1. The van der Waals surface area contributed by atoms with Crippen molar-refractivity contribution in [2.24, 2.45) is 17.2 Å². The van der Waals surface area contributed by atoms with Crippen LogP contribution in [0.1, 0.15) is 32.3 Å². The minimum absolute atomic E-state index is 0.433. The zero-order chi connectivity index (χ0) is 13.2. The number of rotatable bonds is 6. The van der Waals surface area contributed by atoms with Gasteiger partial charge in [0, 0.05) is 6.04 Å². The molecule has 3 nitrogen and oxygen atoms in total. The molecule has 2 unspecified atom stereocenters. The van der Waals surface area contributed by atoms with Crippen LogP contribution in [0.3, 0.4) is 0 Å². The second kappa shape index (κ2) is 5.29. The number of hydrogen-bond acceptors (Lipinski definition) is 3. The predicted molar refractivity (Wildman–Crippen MR) is 74.3 cm³/mol. The van der Waals surface area contributed by atoms with Gasteiger partial charge in [-0.1, -0.05) is 26.0 Å². The van der Waals surface area contributed by atoms with Crippen LogP contribution in [0.15, 0.2) is 24.3 Å². The second-order valence-corrected chi connectivity index (χ2v) is 5.96. The van der Waals surface area contributed by atoms with E-state index in [2.05, 4.69) is 31.4 Å². The van der Waals surface area contributed by atoms with Crippen molar-refractivity contribution >= 4 is 0 Å². The van der Waals surface area contributed by atoms with E-state index in [-0.39, 0.29) is 0 Å². The molecule has 0 spiro atoms. The molecule has 0 radical (unpaired) electrons. The van der Waals surface area contributed by atoms with Crippen LogP contribution in [0.4, 0.5) is 0 Å². The van der Waals surface area contributed by atoms with Crippen LogP contribution >= 0.6 is 0 Å². The Morgan fingerprint density at radius 3 is 2.44 bits per heavy atom. The summed E-state index contributed by atoms with van der Waals surface area (Å²) >= 11 is 0. The molecule has 2 rings (SSSR count). The van der Waals surface area contributed by atoms with Gasteiger partial charge in [0.1, 0.15) is 5.75 Å². The summed E-state index contributed by atoms with van der Waals surface area (Å²) < 4.78 is 5.16. The van der Waals surface area contributed by atoms with Crippen molar-refractivity contribution in [3.8, 4) is 5.75 Å². The Morgan fingerprint density at radius 1 is 1.39 bits per heavy atom. The average Bonchev–Trinajstić information content (AvgIpc) is 3.00. The first-order valence-corrected chi connectivity index (χ1v) is 6.66. The van der Waals surface area contributed by atoms with Gasteiger partial charge < -0.3 is 4.74 Å². The van der Waals surface area contributed by atoms with Crippen molar-refractivity contribution in [2.45, 2.75) is 39.2 Å². The monoisotopic (exact) mass is 248 g/mol. The highest BCUT2D eigenvalue weighted by molar-refractivity contribution is 5.27. The molecule has 0 heterocycles. The second-order valence-electron chi connectivity index (χ2n) is 5.96. The zero-order valence-corrected chi connectivity index (χ0v) is 11.6. The van der Waals surface area contributed by atoms with Crippen LogP contribution in [0.25, 0.3) is 0 Å². The van der Waals surface area contributed by atoms with Crippen LogP contribution in [-0.4, -0.2) is 13.2 Å². The molecule has 2 atom stereocenters. The van der Waals surface area contributed by atoms with Crippen LogP contribution in [0.5, 0.6) is 5.75 Å². The largest absolute Gasteiger partial charge is 0.497 e. The summed E-state index contributed by atoms with van der Waals surface area (Å²) in [4.78, 5) is 0. The van der Waals surface area contributed by atoms with Crippen molar-refractivity contribution in [1.29, 1.82) is 0 Å². The van der Waals surface area contributed by atoms with E-state index in [0.717, 1.165) is 24.5 Å². The highest BCUT2D eigenvalue weighted by Gasteiger charge is 2.49. The van der Waals surface area contributed by atoms with E-state index in [1.807, 2.05) is 12.1 Å². The summed E-state index contributed by atoms with van der Waals surface area (Å²) in [7, 11) is 1.69. The van der Waals surface area contributed by atoms with Crippen molar-refractivity contribution in [3.05, 3.63) is 29.8 Å². The summed E-state index contributed by atoms with van der Waals surface area (Å²) in [6.07, 6.45) is 3.44. The van der Waals surface area contributed by atoms with Crippen LogP contribution < -0.4 is 16.0 Å². The molecule has 3 N–H and O–H groups in total. The molecule has 1 aliphatic carbocycles. The lowest BCUT2D eigenvalue weighted by atomic mass is 9.98. The third-order valence-electron chi connectivity index (χ3n) is 4.19. The van der Waals surface area contributed by atoms with Crippen LogP contribution in [0.2, 0.25) is 0 Å². The van der Waals surface area contributed by atoms with Gasteiger partial charge in [0.05, 0.1) is 7.11 Å². The van der Waals surface area contributed by atoms with E-state index in [9.17, 15) is 0 Å². The van der Waals surface area contributed by atoms with Crippen molar-refractivity contribution in [2.75, 3.05) is 7.11 Å². The van der Waals surface area contributed by atoms with E-state index < -0.39 is 0 Å². The maximum Gasteiger partial charge on any atom is 0.118 e. The van der Waals surface area contributed by atoms with E-state index in [1.165, 1.54) is 12.0 Å². The van der Waals surface area contributed by atoms with Gasteiger partial charge in [-0.05, 0) is 48.3 Å². The van der Waals surface area contributed by atoms with E-state index in [0.29, 0.717) is 11.5 Å². The summed E-state index contributed by atoms with van der Waals surface area (Å²) in [5.74, 6) is 7.31. The van der Waals surface area contributed by atoms with Gasteiger partial charge in [-0.15, -0.1) is 0 Å². The van der Waals surface area contributed by atoms with Crippen LogP contribution in [-0.2, 0) is 6.42 Å². The molecule has 0 aliphatic heterocycles. The van der Waals surface area contributed by atoms with Gasteiger partial charge in [-0.3, -0.25) is 11.3 Å².